The largest absolute Gasteiger partial charge is 0.465 e. The zero-order valence-electron chi connectivity index (χ0n) is 13.0. The first-order valence-corrected chi connectivity index (χ1v) is 8.73. The fourth-order valence-corrected chi connectivity index (χ4v) is 3.43. The van der Waals surface area contributed by atoms with Gasteiger partial charge in [0.1, 0.15) is 5.82 Å². The molecule has 6 nitrogen and oxygen atoms in total. The summed E-state index contributed by atoms with van der Waals surface area (Å²) in [6, 6.07) is 9.39. The van der Waals surface area contributed by atoms with Crippen molar-refractivity contribution >= 4 is 38.8 Å². The Morgan fingerprint density at radius 3 is 2.56 bits per heavy atom. The summed E-state index contributed by atoms with van der Waals surface area (Å²) in [6.07, 6.45) is 0.962. The zero-order chi connectivity index (χ0) is 18.6. The van der Waals surface area contributed by atoms with Crippen molar-refractivity contribution in [2.75, 3.05) is 18.2 Å². The molecule has 0 aromatic heterocycles. The van der Waals surface area contributed by atoms with Crippen molar-refractivity contribution in [3.05, 3.63) is 64.4 Å². The van der Waals surface area contributed by atoms with Crippen LogP contribution in [0.25, 0.3) is 0 Å². The van der Waals surface area contributed by atoms with Gasteiger partial charge in [0.2, 0.25) is 9.84 Å². The lowest BCUT2D eigenvalue weighted by Gasteiger charge is -2.10. The van der Waals surface area contributed by atoms with Gasteiger partial charge in [-0.15, -0.1) is 0 Å². The zero-order valence-corrected chi connectivity index (χ0v) is 14.6. The summed E-state index contributed by atoms with van der Waals surface area (Å²) in [5.74, 6) is -1.87. The van der Waals surface area contributed by atoms with E-state index in [4.69, 9.17) is 17.3 Å². The van der Waals surface area contributed by atoms with Gasteiger partial charge in [0, 0.05) is 6.20 Å². The lowest BCUT2D eigenvalue weighted by molar-refractivity contribution is -0.135. The Bertz CT molecular complexity index is 945. The van der Waals surface area contributed by atoms with Crippen LogP contribution in [0, 0.1) is 5.82 Å². The van der Waals surface area contributed by atoms with Crippen LogP contribution < -0.4 is 11.1 Å². The Balaban J connectivity index is 2.49. The number of rotatable bonds is 5. The van der Waals surface area contributed by atoms with Gasteiger partial charge in [-0.1, -0.05) is 23.7 Å². The van der Waals surface area contributed by atoms with Gasteiger partial charge in [-0.3, -0.25) is 0 Å². The number of methoxy groups -OCH3 is 1. The normalized spacial score (nSPS) is 11.9. The van der Waals surface area contributed by atoms with E-state index in [-0.39, 0.29) is 9.92 Å². The van der Waals surface area contributed by atoms with E-state index in [1.54, 1.807) is 24.3 Å². The lowest BCUT2D eigenvalue weighted by atomic mass is 10.3. The van der Waals surface area contributed by atoms with Crippen molar-refractivity contribution in [3.63, 3.8) is 0 Å². The number of esters is 1. The fourth-order valence-electron chi connectivity index (χ4n) is 1.89. The highest BCUT2D eigenvalue weighted by Crippen LogP contribution is 2.26. The lowest BCUT2D eigenvalue weighted by Crippen LogP contribution is -2.17. The van der Waals surface area contributed by atoms with Crippen molar-refractivity contribution in [2.45, 2.75) is 4.90 Å². The van der Waals surface area contributed by atoms with Gasteiger partial charge in [-0.05, 0) is 30.3 Å². The number of anilines is 2. The molecule has 0 saturated heterocycles. The molecule has 0 spiro atoms. The second kappa shape index (κ2) is 7.54. The first-order valence-electron chi connectivity index (χ1n) is 6.87. The third-order valence-electron chi connectivity index (χ3n) is 3.20. The number of hydrogen-bond donors (Lipinski definition) is 2. The minimum atomic E-state index is -4.30. The SMILES string of the molecule is COC(=O)/C(=C\Nc1ccccc1N)S(=O)(=O)c1ccc(F)c(Cl)c1. The molecule has 0 atom stereocenters. The van der Waals surface area contributed by atoms with Gasteiger partial charge >= 0.3 is 5.97 Å². The number of nitrogens with one attached hydrogen (secondary N) is 1. The summed E-state index contributed by atoms with van der Waals surface area (Å²) in [5.41, 5.74) is 6.51. The van der Waals surface area contributed by atoms with Gasteiger partial charge in [0.05, 0.1) is 28.4 Å². The molecule has 0 radical (unpaired) electrons. The molecular formula is C16H14ClFN2O4S. The van der Waals surface area contributed by atoms with Crippen LogP contribution in [-0.2, 0) is 19.4 Å². The maximum Gasteiger partial charge on any atom is 0.351 e. The Morgan fingerprint density at radius 2 is 1.96 bits per heavy atom. The topological polar surface area (TPSA) is 98.5 Å². The number of para-hydroxylation sites is 2. The molecule has 0 amide bonds. The molecule has 0 fully saturated rings. The van der Waals surface area contributed by atoms with Gasteiger partial charge < -0.3 is 15.8 Å². The minimum absolute atomic E-state index is 0.349. The van der Waals surface area contributed by atoms with Crippen molar-refractivity contribution in [3.8, 4) is 0 Å². The van der Waals surface area contributed by atoms with Crippen LogP contribution in [-0.4, -0.2) is 21.5 Å². The summed E-state index contributed by atoms with van der Waals surface area (Å²) in [7, 11) is -3.26. The number of hydrogen-bond acceptors (Lipinski definition) is 6. The number of carbonyl (C=O) groups is 1. The second-order valence-electron chi connectivity index (χ2n) is 4.81. The number of ether oxygens (including phenoxy) is 1. The molecule has 2 aromatic carbocycles. The van der Waals surface area contributed by atoms with E-state index in [0.29, 0.717) is 11.4 Å². The first-order chi connectivity index (χ1) is 11.8. The highest BCUT2D eigenvalue weighted by molar-refractivity contribution is 7.96. The van der Waals surface area contributed by atoms with E-state index < -0.39 is 26.5 Å². The molecule has 9 heteroatoms. The van der Waals surface area contributed by atoms with Crippen LogP contribution in [0.4, 0.5) is 15.8 Å². The standard InChI is InChI=1S/C16H14ClFN2O4S/c1-24-16(21)15(9-20-14-5-3-2-4-13(14)19)25(22,23)10-6-7-12(18)11(17)8-10/h2-9,20H,19H2,1H3/b15-9+. The Hall–Kier alpha value is -2.58. The average molecular weight is 385 g/mol. The average Bonchev–Trinajstić information content (AvgIpc) is 2.58. The molecule has 0 heterocycles. The number of nitrogen functional groups attached to an aromatic ring is 1. The number of sulfone groups is 1. The van der Waals surface area contributed by atoms with Crippen LogP contribution in [0.1, 0.15) is 0 Å². The van der Waals surface area contributed by atoms with E-state index in [1.165, 1.54) is 0 Å². The molecule has 0 unspecified atom stereocenters. The molecule has 0 aliphatic carbocycles. The quantitative estimate of drug-likeness (QED) is 0.356. The maximum atomic E-state index is 13.3. The van der Waals surface area contributed by atoms with Crippen LogP contribution in [0.3, 0.4) is 0 Å². The predicted octanol–water partition coefficient (Wildman–Crippen LogP) is 2.96. The van der Waals surface area contributed by atoms with Crippen LogP contribution in [0.2, 0.25) is 5.02 Å². The summed E-state index contributed by atoms with van der Waals surface area (Å²) < 4.78 is 43.2. The van der Waals surface area contributed by atoms with Gasteiger partial charge in [-0.25, -0.2) is 17.6 Å². The van der Waals surface area contributed by atoms with E-state index in [0.717, 1.165) is 31.5 Å². The molecule has 0 aliphatic heterocycles. The van der Waals surface area contributed by atoms with Crippen LogP contribution >= 0.6 is 11.6 Å². The smallest absolute Gasteiger partial charge is 0.351 e. The number of carbonyl (C=O) groups excluding carboxylic acids is 1. The van der Waals surface area contributed by atoms with Crippen molar-refractivity contribution < 1.29 is 22.3 Å². The summed E-state index contributed by atoms with van der Waals surface area (Å²) in [4.78, 5) is 10.9. The maximum absolute atomic E-state index is 13.3. The molecular weight excluding hydrogens is 371 g/mol. The van der Waals surface area contributed by atoms with Crippen molar-refractivity contribution in [1.29, 1.82) is 0 Å². The monoisotopic (exact) mass is 384 g/mol. The van der Waals surface area contributed by atoms with E-state index in [1.807, 2.05) is 0 Å². The number of benzene rings is 2. The number of halogens is 2. The third-order valence-corrected chi connectivity index (χ3v) is 5.22. The Kier molecular flexibility index (Phi) is 5.66. The van der Waals surface area contributed by atoms with E-state index in [2.05, 4.69) is 10.1 Å². The minimum Gasteiger partial charge on any atom is -0.465 e. The first kappa shape index (κ1) is 18.8. The summed E-state index contributed by atoms with van der Waals surface area (Å²) >= 11 is 5.62. The van der Waals surface area contributed by atoms with E-state index in [9.17, 15) is 17.6 Å². The van der Waals surface area contributed by atoms with Gasteiger partial charge in [0.15, 0.2) is 4.91 Å². The van der Waals surface area contributed by atoms with Crippen molar-refractivity contribution in [2.24, 2.45) is 0 Å². The van der Waals surface area contributed by atoms with Crippen LogP contribution in [0.5, 0.6) is 0 Å². The van der Waals surface area contributed by atoms with Crippen molar-refractivity contribution in [1.82, 2.24) is 0 Å². The molecule has 0 aliphatic rings. The Labute approximate surface area is 149 Å². The molecule has 2 aromatic rings. The molecule has 3 N–H and O–H groups in total. The summed E-state index contributed by atoms with van der Waals surface area (Å²) in [5, 5.41) is 2.27. The highest BCUT2D eigenvalue weighted by atomic mass is 35.5. The van der Waals surface area contributed by atoms with Crippen LogP contribution in [0.15, 0.2) is 58.5 Å². The molecule has 0 saturated carbocycles. The fraction of sp³-hybridized carbons (Fsp3) is 0.0625. The molecule has 132 valence electrons. The highest BCUT2D eigenvalue weighted by Gasteiger charge is 2.28. The Morgan fingerprint density at radius 1 is 1.28 bits per heavy atom. The second-order valence-corrected chi connectivity index (χ2v) is 7.14. The predicted molar refractivity (Wildman–Crippen MR) is 93.2 cm³/mol. The third kappa shape index (κ3) is 4.09. The number of nitrogens with two attached hydrogens (primary N) is 1. The van der Waals surface area contributed by atoms with E-state index >= 15 is 0 Å². The van der Waals surface area contributed by atoms with Gasteiger partial charge in [0.25, 0.3) is 0 Å². The molecule has 2 rings (SSSR count). The summed E-state index contributed by atoms with van der Waals surface area (Å²) in [6.45, 7) is 0. The molecule has 0 bridgehead atoms. The van der Waals surface area contributed by atoms with Gasteiger partial charge in [-0.2, -0.15) is 0 Å². The molecule has 25 heavy (non-hydrogen) atoms.